The van der Waals surface area contributed by atoms with Crippen LogP contribution in [0.15, 0.2) is 29.3 Å². The summed E-state index contributed by atoms with van der Waals surface area (Å²) < 4.78 is 26.3. The van der Waals surface area contributed by atoms with Crippen molar-refractivity contribution >= 4 is 33.1 Å². The minimum Gasteiger partial charge on any atom is -0.263 e. The second-order valence-corrected chi connectivity index (χ2v) is 5.84. The van der Waals surface area contributed by atoms with Gasteiger partial charge < -0.3 is 0 Å². The van der Waals surface area contributed by atoms with Gasteiger partial charge in [0.2, 0.25) is 0 Å². The number of hydrogen-bond acceptors (Lipinski definition) is 6. The maximum Gasteiger partial charge on any atom is 0.289 e. The zero-order chi connectivity index (χ0) is 15.6. The Balaban J connectivity index is 2.43. The number of nitrogens with one attached hydrogen (secondary N) is 2. The van der Waals surface area contributed by atoms with E-state index in [1.165, 1.54) is 0 Å². The van der Waals surface area contributed by atoms with Gasteiger partial charge in [-0.15, -0.1) is 0 Å². The van der Waals surface area contributed by atoms with Gasteiger partial charge in [-0.2, -0.15) is 10.4 Å². The molecule has 0 aliphatic heterocycles. The van der Waals surface area contributed by atoms with E-state index in [4.69, 9.17) is 16.9 Å². The molecule has 0 amide bonds. The van der Waals surface area contributed by atoms with Crippen LogP contribution in [-0.4, -0.2) is 23.5 Å². The quantitative estimate of drug-likeness (QED) is 0.645. The number of aromatic amines is 1. The van der Waals surface area contributed by atoms with Crippen LogP contribution in [0.5, 0.6) is 0 Å². The lowest BCUT2D eigenvalue weighted by atomic mass is 10.3. The Kier molecular flexibility index (Phi) is 3.79. The summed E-state index contributed by atoms with van der Waals surface area (Å²) in [5.74, 6) is -0.130. The molecule has 0 saturated heterocycles. The number of aromatic nitrogens is 2. The summed E-state index contributed by atoms with van der Waals surface area (Å²) in [6.45, 7) is 0. The van der Waals surface area contributed by atoms with Gasteiger partial charge in [0, 0.05) is 6.07 Å². The molecule has 108 valence electrons. The van der Waals surface area contributed by atoms with Crippen molar-refractivity contribution in [2.24, 2.45) is 0 Å². The van der Waals surface area contributed by atoms with E-state index in [0.29, 0.717) is 0 Å². The van der Waals surface area contributed by atoms with E-state index in [1.807, 2.05) is 0 Å². The molecule has 0 unspecified atom stereocenters. The molecule has 21 heavy (non-hydrogen) atoms. The lowest BCUT2D eigenvalue weighted by Crippen LogP contribution is -2.14. The number of hydrogen-bond donors (Lipinski definition) is 2. The predicted octanol–water partition coefficient (Wildman–Crippen LogP) is 1.64. The van der Waals surface area contributed by atoms with Crippen LogP contribution in [0.25, 0.3) is 0 Å². The topological polar surface area (TPSA) is 142 Å². The van der Waals surface area contributed by atoms with Crippen LogP contribution in [0, 0.1) is 21.4 Å². The fraction of sp³-hybridized carbons (Fsp3) is 0. The number of benzene rings is 1. The molecular formula is C10H6ClN5O4S. The molecule has 11 heteroatoms. The van der Waals surface area contributed by atoms with Gasteiger partial charge in [0.25, 0.3) is 15.7 Å². The van der Waals surface area contributed by atoms with Crippen LogP contribution in [0.2, 0.25) is 5.02 Å². The molecule has 2 rings (SSSR count). The molecule has 0 saturated carbocycles. The minimum absolute atomic E-state index is 0.0120. The normalized spacial score (nSPS) is 10.9. The summed E-state index contributed by atoms with van der Waals surface area (Å²) >= 11 is 5.62. The van der Waals surface area contributed by atoms with E-state index in [-0.39, 0.29) is 21.3 Å². The number of nitrogens with zero attached hydrogens (tertiary/aromatic N) is 3. The smallest absolute Gasteiger partial charge is 0.263 e. The van der Waals surface area contributed by atoms with Crippen LogP contribution < -0.4 is 4.72 Å². The highest BCUT2D eigenvalue weighted by atomic mass is 35.5. The minimum atomic E-state index is -4.12. The number of H-pyrrole nitrogens is 1. The highest BCUT2D eigenvalue weighted by Gasteiger charge is 2.22. The van der Waals surface area contributed by atoms with Crippen molar-refractivity contribution in [3.63, 3.8) is 0 Å². The van der Waals surface area contributed by atoms with Gasteiger partial charge in [0.1, 0.15) is 16.7 Å². The van der Waals surface area contributed by atoms with Gasteiger partial charge >= 0.3 is 0 Å². The highest BCUT2D eigenvalue weighted by molar-refractivity contribution is 7.92. The summed E-state index contributed by atoms with van der Waals surface area (Å²) in [6.07, 6.45) is 1.14. The van der Waals surface area contributed by atoms with Crippen molar-refractivity contribution < 1.29 is 13.3 Å². The number of anilines is 1. The zero-order valence-corrected chi connectivity index (χ0v) is 11.6. The third-order valence-corrected chi connectivity index (χ3v) is 4.09. The van der Waals surface area contributed by atoms with E-state index < -0.39 is 20.6 Å². The molecule has 2 aromatic rings. The van der Waals surface area contributed by atoms with E-state index in [1.54, 1.807) is 6.07 Å². The van der Waals surface area contributed by atoms with Gasteiger partial charge in [-0.1, -0.05) is 11.6 Å². The van der Waals surface area contributed by atoms with Crippen molar-refractivity contribution in [1.82, 2.24) is 10.2 Å². The van der Waals surface area contributed by atoms with Gasteiger partial charge in [-0.3, -0.25) is 19.9 Å². The van der Waals surface area contributed by atoms with Gasteiger partial charge in [-0.05, 0) is 12.1 Å². The van der Waals surface area contributed by atoms with Crippen molar-refractivity contribution in [1.29, 1.82) is 5.26 Å². The zero-order valence-electron chi connectivity index (χ0n) is 10.1. The lowest BCUT2D eigenvalue weighted by molar-refractivity contribution is -0.384. The molecule has 0 aliphatic carbocycles. The lowest BCUT2D eigenvalue weighted by Gasteiger charge is -2.06. The van der Waals surface area contributed by atoms with Crippen LogP contribution >= 0.6 is 11.6 Å². The molecular weight excluding hydrogens is 322 g/mol. The van der Waals surface area contributed by atoms with Crippen LogP contribution in [0.4, 0.5) is 11.5 Å². The summed E-state index contributed by atoms with van der Waals surface area (Å²) in [5.41, 5.74) is -0.549. The first-order chi connectivity index (χ1) is 9.85. The largest absolute Gasteiger partial charge is 0.289 e. The summed E-state index contributed by atoms with van der Waals surface area (Å²) in [4.78, 5) is 9.61. The van der Waals surface area contributed by atoms with Crippen LogP contribution in [0.1, 0.15) is 5.56 Å². The number of rotatable bonds is 4. The van der Waals surface area contributed by atoms with E-state index >= 15 is 0 Å². The molecule has 2 N–H and O–H groups in total. The molecule has 0 fully saturated rings. The average Bonchev–Trinajstić information content (AvgIpc) is 2.85. The Bertz CT molecular complexity index is 855. The van der Waals surface area contributed by atoms with Crippen molar-refractivity contribution in [2.75, 3.05) is 4.72 Å². The molecule has 0 radical (unpaired) electrons. The first-order valence-electron chi connectivity index (χ1n) is 5.25. The molecule has 0 atom stereocenters. The molecule has 0 bridgehead atoms. The third-order valence-electron chi connectivity index (χ3n) is 2.42. The fourth-order valence-electron chi connectivity index (χ4n) is 1.44. The summed E-state index contributed by atoms with van der Waals surface area (Å²) in [6, 6.07) is 4.78. The Morgan fingerprint density at radius 1 is 1.48 bits per heavy atom. The summed E-state index contributed by atoms with van der Waals surface area (Å²) in [7, 11) is -4.12. The van der Waals surface area contributed by atoms with E-state index in [0.717, 1.165) is 24.4 Å². The molecule has 0 spiro atoms. The first kappa shape index (κ1) is 14.8. The second kappa shape index (κ2) is 5.39. The van der Waals surface area contributed by atoms with Crippen molar-refractivity contribution in [3.05, 3.63) is 45.1 Å². The first-order valence-corrected chi connectivity index (χ1v) is 7.11. The SMILES string of the molecule is N#Cc1cn[nH]c1NS(=O)(=O)c1ccc(Cl)c([N+](=O)[O-])c1. The number of nitro benzene ring substituents is 1. The number of halogens is 1. The monoisotopic (exact) mass is 327 g/mol. The van der Waals surface area contributed by atoms with Crippen LogP contribution in [0.3, 0.4) is 0 Å². The molecule has 1 aromatic heterocycles. The third kappa shape index (κ3) is 2.93. The number of nitro groups is 1. The molecule has 1 aromatic carbocycles. The van der Waals surface area contributed by atoms with Gasteiger partial charge in [0.05, 0.1) is 16.0 Å². The molecule has 1 heterocycles. The van der Waals surface area contributed by atoms with Gasteiger partial charge in [0.15, 0.2) is 5.82 Å². The summed E-state index contributed by atoms with van der Waals surface area (Å²) in [5, 5.41) is 25.2. The van der Waals surface area contributed by atoms with Crippen LogP contribution in [-0.2, 0) is 10.0 Å². The maximum atomic E-state index is 12.1. The maximum absolute atomic E-state index is 12.1. The van der Waals surface area contributed by atoms with E-state index in [2.05, 4.69) is 14.9 Å². The fourth-order valence-corrected chi connectivity index (χ4v) is 2.68. The Hall–Kier alpha value is -2.64. The Labute approximate surface area is 123 Å². The predicted molar refractivity (Wildman–Crippen MR) is 72.2 cm³/mol. The van der Waals surface area contributed by atoms with Crippen molar-refractivity contribution in [3.8, 4) is 6.07 Å². The molecule has 0 aliphatic rings. The highest BCUT2D eigenvalue weighted by Crippen LogP contribution is 2.28. The van der Waals surface area contributed by atoms with E-state index in [9.17, 15) is 18.5 Å². The molecule has 9 nitrogen and oxygen atoms in total. The number of sulfonamides is 1. The Morgan fingerprint density at radius 2 is 2.19 bits per heavy atom. The van der Waals surface area contributed by atoms with Gasteiger partial charge in [-0.25, -0.2) is 8.42 Å². The standard InChI is InChI=1S/C10H6ClN5O4S/c11-8-2-1-7(3-9(8)16(17)18)21(19,20)15-10-6(4-12)5-13-14-10/h1-3,5H,(H2,13,14,15). The Morgan fingerprint density at radius 3 is 2.81 bits per heavy atom. The number of nitriles is 1. The van der Waals surface area contributed by atoms with Crippen molar-refractivity contribution in [2.45, 2.75) is 4.90 Å². The average molecular weight is 328 g/mol. The second-order valence-electron chi connectivity index (χ2n) is 3.75.